The third-order valence-electron chi connectivity index (χ3n) is 2.94. The average molecular weight is 461 g/mol. The van der Waals surface area contributed by atoms with Crippen LogP contribution in [0.2, 0.25) is 0 Å². The number of aryl methyl sites for hydroxylation is 2. The molecule has 1 atom stereocenters. The molecule has 0 aliphatic heterocycles. The van der Waals surface area contributed by atoms with Crippen LogP contribution in [0.25, 0.3) is 0 Å². The molecule has 10 heteroatoms. The van der Waals surface area contributed by atoms with E-state index in [1.807, 2.05) is 19.1 Å². The molecule has 24 heavy (non-hydrogen) atoms. The summed E-state index contributed by atoms with van der Waals surface area (Å²) in [5.41, 5.74) is 1.19. The van der Waals surface area contributed by atoms with Gasteiger partial charge in [-0.3, -0.25) is 0 Å². The van der Waals surface area contributed by atoms with Crippen LogP contribution in [-0.4, -0.2) is 46.3 Å². The van der Waals surface area contributed by atoms with E-state index in [4.69, 9.17) is 12.3 Å². The Labute approximate surface area is 145 Å². The van der Waals surface area contributed by atoms with Crippen molar-refractivity contribution in [2.75, 3.05) is 0 Å². The van der Waals surface area contributed by atoms with Gasteiger partial charge in [-0.1, -0.05) is 0 Å². The van der Waals surface area contributed by atoms with Gasteiger partial charge in [0.15, 0.2) is 0 Å². The molecule has 8 nitrogen and oxygen atoms in total. The van der Waals surface area contributed by atoms with Crippen molar-refractivity contribution in [1.29, 1.82) is 0 Å². The van der Waals surface area contributed by atoms with Gasteiger partial charge in [0, 0.05) is 0 Å². The van der Waals surface area contributed by atoms with Crippen LogP contribution in [0.3, 0.4) is 0 Å². The van der Waals surface area contributed by atoms with Gasteiger partial charge in [0.1, 0.15) is 0 Å². The number of nitro groups is 1. The van der Waals surface area contributed by atoms with E-state index in [1.54, 1.807) is 19.1 Å². The van der Waals surface area contributed by atoms with Crippen molar-refractivity contribution in [2.24, 2.45) is 0 Å². The number of benzene rings is 2. The molecule has 0 bridgehead atoms. The standard InChI is InChI=1S/C7H8AsNO5.C7H9AsO2/c1-5-2-3-6(8(10,11)12)7(4-5)9(13)14;1-6-2-4-7(5-3-6)8(9)10/h2-4H,1H3,(H2,10,11,12);2-5,8H,1H3,(H,9,10). The van der Waals surface area contributed by atoms with E-state index >= 15 is 0 Å². The average Bonchev–Trinajstić information content (AvgIpc) is 2.47. The first kappa shape index (κ1) is 20.5. The zero-order valence-electron chi connectivity index (χ0n) is 12.9. The first-order valence-corrected chi connectivity index (χ1v) is 12.9. The van der Waals surface area contributed by atoms with Gasteiger partial charge >= 0.3 is 146 Å². The maximum atomic E-state index is 10.9. The molecule has 2 aromatic rings. The van der Waals surface area contributed by atoms with Gasteiger partial charge in [0.25, 0.3) is 0 Å². The molecule has 2 aromatic carbocycles. The van der Waals surface area contributed by atoms with Crippen molar-refractivity contribution in [1.82, 2.24) is 0 Å². The molecule has 0 aliphatic carbocycles. The van der Waals surface area contributed by atoms with Gasteiger partial charge in [-0.05, 0) is 0 Å². The molecule has 0 saturated heterocycles. The molecule has 3 N–H and O–H groups in total. The Balaban J connectivity index is 0.000000254. The Morgan fingerprint density at radius 2 is 1.54 bits per heavy atom. The van der Waals surface area contributed by atoms with Crippen molar-refractivity contribution in [3.63, 3.8) is 0 Å². The van der Waals surface area contributed by atoms with Gasteiger partial charge in [-0.15, -0.1) is 0 Å². The van der Waals surface area contributed by atoms with Crippen LogP contribution in [0.1, 0.15) is 11.1 Å². The predicted molar refractivity (Wildman–Crippen MR) is 89.2 cm³/mol. The second-order valence-corrected chi connectivity index (χ2v) is 10.7. The Hall–Kier alpha value is -1.56. The van der Waals surface area contributed by atoms with Crippen molar-refractivity contribution in [3.05, 3.63) is 63.7 Å². The van der Waals surface area contributed by atoms with Crippen molar-refractivity contribution in [2.45, 2.75) is 13.8 Å². The Morgan fingerprint density at radius 1 is 1.04 bits per heavy atom. The van der Waals surface area contributed by atoms with Crippen molar-refractivity contribution in [3.8, 4) is 0 Å². The topological polar surface area (TPSA) is 138 Å². The van der Waals surface area contributed by atoms with E-state index in [0.717, 1.165) is 17.7 Å². The van der Waals surface area contributed by atoms with Crippen LogP contribution in [0.5, 0.6) is 0 Å². The number of rotatable bonds is 3. The van der Waals surface area contributed by atoms with Crippen LogP contribution in [0.4, 0.5) is 5.69 Å². The van der Waals surface area contributed by atoms with Gasteiger partial charge in [-0.25, -0.2) is 0 Å². The molecule has 2 rings (SSSR count). The second kappa shape index (κ2) is 8.51. The summed E-state index contributed by atoms with van der Waals surface area (Å²) in [6, 6.07) is 10.8. The monoisotopic (exact) mass is 461 g/mol. The maximum absolute atomic E-state index is 10.9. The quantitative estimate of drug-likeness (QED) is 0.313. The summed E-state index contributed by atoms with van der Waals surface area (Å²) >= 11 is -8.23. The number of hydrogen-bond donors (Lipinski definition) is 3. The van der Waals surface area contributed by atoms with E-state index < -0.39 is 44.1 Å². The fourth-order valence-electron chi connectivity index (χ4n) is 1.72. The van der Waals surface area contributed by atoms with Crippen LogP contribution < -0.4 is 8.70 Å². The minimum atomic E-state index is -5.19. The first-order valence-electron chi connectivity index (χ1n) is 6.63. The summed E-state index contributed by atoms with van der Waals surface area (Å²) in [6.45, 7) is 3.56. The molecule has 1 unspecified atom stereocenters. The van der Waals surface area contributed by atoms with Gasteiger partial charge in [-0.2, -0.15) is 0 Å². The SMILES string of the molecule is Cc1ccc([AsH](=O)O)cc1.Cc1ccc([As](=O)(O)O)c([N+](=O)[O-])c1. The van der Waals surface area contributed by atoms with Gasteiger partial charge in [0.05, 0.1) is 0 Å². The van der Waals surface area contributed by atoms with Gasteiger partial charge in [0.2, 0.25) is 0 Å². The Kier molecular flexibility index (Phi) is 7.26. The van der Waals surface area contributed by atoms with E-state index in [1.165, 1.54) is 6.07 Å². The Bertz CT molecular complexity index is 799. The third kappa shape index (κ3) is 6.15. The summed E-state index contributed by atoms with van der Waals surface area (Å²) in [5, 5.41) is 10.5. The first-order chi connectivity index (χ1) is 11.0. The zero-order chi connectivity index (χ0) is 18.5. The summed E-state index contributed by atoms with van der Waals surface area (Å²) in [7, 11) is 0. The number of hydrogen-bond acceptors (Lipinski definition) is 4. The molecule has 0 amide bonds. The zero-order valence-corrected chi connectivity index (χ0v) is 16.9. The van der Waals surface area contributed by atoms with E-state index in [-0.39, 0.29) is 0 Å². The summed E-state index contributed by atoms with van der Waals surface area (Å²) in [6.07, 6.45) is 0. The van der Waals surface area contributed by atoms with Crippen LogP contribution in [-0.2, 0) is 7.48 Å². The molecule has 0 saturated carbocycles. The normalized spacial score (nSPS) is 12.0. The summed E-state index contributed by atoms with van der Waals surface area (Å²) in [5.74, 6) is 0. The molecule has 130 valence electrons. The molecular formula is C14H17As2NO7. The fraction of sp³-hybridized carbons (Fsp3) is 0.143. The van der Waals surface area contributed by atoms with Crippen molar-refractivity contribution < 1.29 is 24.7 Å². The summed E-state index contributed by atoms with van der Waals surface area (Å²) in [4.78, 5) is 9.70. The Morgan fingerprint density at radius 3 is 1.96 bits per heavy atom. The van der Waals surface area contributed by atoms with Crippen LogP contribution in [0.15, 0.2) is 42.5 Å². The molecule has 0 spiro atoms. The third-order valence-corrected chi connectivity index (χ3v) is 6.79. The predicted octanol–water partition coefficient (Wildman–Crippen LogP) is -0.690. The van der Waals surface area contributed by atoms with E-state index in [9.17, 15) is 17.6 Å². The van der Waals surface area contributed by atoms with E-state index in [2.05, 4.69) is 0 Å². The van der Waals surface area contributed by atoms with E-state index in [0.29, 0.717) is 9.91 Å². The minimum absolute atomic E-state index is 0.487. The second-order valence-electron chi connectivity index (χ2n) is 4.96. The molecule has 0 heterocycles. The summed E-state index contributed by atoms with van der Waals surface area (Å²) < 4.78 is 48.1. The van der Waals surface area contributed by atoms with Crippen LogP contribution >= 0.6 is 0 Å². The molecule has 0 aromatic heterocycles. The van der Waals surface area contributed by atoms with Crippen molar-refractivity contribution >= 4 is 43.5 Å². The number of nitrogens with zero attached hydrogens (tertiary/aromatic N) is 1. The number of nitro benzene ring substituents is 1. The molecule has 0 aliphatic rings. The van der Waals surface area contributed by atoms with Gasteiger partial charge < -0.3 is 0 Å². The van der Waals surface area contributed by atoms with Crippen LogP contribution in [0, 0.1) is 24.0 Å². The fourth-order valence-corrected chi connectivity index (χ4v) is 4.17. The molecule has 0 radical (unpaired) electrons. The molecule has 0 fully saturated rings. The molecular weight excluding hydrogens is 444 g/mol.